The number of nitrogens with one attached hydrogen (secondary N) is 1. The summed E-state index contributed by atoms with van der Waals surface area (Å²) in [6.45, 7) is 2.05. The first-order chi connectivity index (χ1) is 15.0. The van der Waals surface area contributed by atoms with E-state index >= 15 is 0 Å². The first kappa shape index (κ1) is 21.1. The summed E-state index contributed by atoms with van der Waals surface area (Å²) in [7, 11) is 1.84. The summed E-state index contributed by atoms with van der Waals surface area (Å²) >= 11 is 7.45. The molecule has 0 aliphatic heterocycles. The second kappa shape index (κ2) is 9.36. The van der Waals surface area contributed by atoms with Crippen molar-refractivity contribution in [3.63, 3.8) is 0 Å². The molecule has 0 bridgehead atoms. The molecule has 7 nitrogen and oxygen atoms in total. The minimum atomic E-state index is -0.382. The highest BCUT2D eigenvalue weighted by atomic mass is 35.5. The van der Waals surface area contributed by atoms with Crippen LogP contribution in [-0.2, 0) is 18.4 Å². The lowest BCUT2D eigenvalue weighted by Crippen LogP contribution is -2.23. The van der Waals surface area contributed by atoms with E-state index < -0.39 is 0 Å². The summed E-state index contributed by atoms with van der Waals surface area (Å²) in [6, 6.07) is 16.7. The summed E-state index contributed by atoms with van der Waals surface area (Å²) in [5.41, 5.74) is 1.56. The SMILES string of the molecule is CC(Sc1nnc(COc2ccccc2Cl)n1C)C(=O)Nc1cccc2ncccc12. The number of hydrogen-bond acceptors (Lipinski definition) is 6. The molecular weight excluding hydrogens is 434 g/mol. The maximum atomic E-state index is 12.8. The van der Waals surface area contributed by atoms with Crippen molar-refractivity contribution in [1.29, 1.82) is 0 Å². The van der Waals surface area contributed by atoms with Crippen LogP contribution < -0.4 is 10.1 Å². The van der Waals surface area contributed by atoms with Crippen LogP contribution in [0.3, 0.4) is 0 Å². The molecule has 2 heterocycles. The van der Waals surface area contributed by atoms with Gasteiger partial charge in [0.25, 0.3) is 0 Å². The van der Waals surface area contributed by atoms with E-state index in [-0.39, 0.29) is 17.8 Å². The molecule has 0 saturated heterocycles. The molecule has 0 radical (unpaired) electrons. The Hall–Kier alpha value is -3.10. The van der Waals surface area contributed by atoms with Crippen LogP contribution in [0.1, 0.15) is 12.7 Å². The number of aromatic nitrogens is 4. The highest BCUT2D eigenvalue weighted by molar-refractivity contribution is 8.00. The van der Waals surface area contributed by atoms with Gasteiger partial charge in [0, 0.05) is 18.6 Å². The third kappa shape index (κ3) is 4.81. The van der Waals surface area contributed by atoms with Crippen LogP contribution in [0, 0.1) is 0 Å². The van der Waals surface area contributed by atoms with Crippen molar-refractivity contribution >= 4 is 45.9 Å². The molecule has 31 heavy (non-hydrogen) atoms. The number of halogens is 1. The number of nitrogens with zero attached hydrogens (tertiary/aromatic N) is 4. The molecule has 0 fully saturated rings. The number of para-hydroxylation sites is 1. The number of hydrogen-bond donors (Lipinski definition) is 1. The van der Waals surface area contributed by atoms with Crippen molar-refractivity contribution in [2.75, 3.05) is 5.32 Å². The smallest absolute Gasteiger partial charge is 0.237 e. The van der Waals surface area contributed by atoms with Gasteiger partial charge < -0.3 is 14.6 Å². The number of fused-ring (bicyclic) bond motifs is 1. The van der Waals surface area contributed by atoms with Crippen LogP contribution in [0.15, 0.2) is 66.0 Å². The van der Waals surface area contributed by atoms with Crippen molar-refractivity contribution in [3.05, 3.63) is 71.6 Å². The normalized spacial score (nSPS) is 12.0. The Bertz CT molecular complexity index is 1220. The fourth-order valence-electron chi connectivity index (χ4n) is 2.94. The number of benzene rings is 2. The first-order valence-corrected chi connectivity index (χ1v) is 10.9. The zero-order valence-electron chi connectivity index (χ0n) is 16.9. The number of carbonyl (C=O) groups excluding carboxylic acids is 1. The molecule has 1 N–H and O–H groups in total. The van der Waals surface area contributed by atoms with E-state index in [1.165, 1.54) is 11.8 Å². The predicted octanol–water partition coefficient (Wildman–Crippen LogP) is 4.72. The maximum absolute atomic E-state index is 12.8. The van der Waals surface area contributed by atoms with Gasteiger partial charge in [0.05, 0.1) is 21.5 Å². The topological polar surface area (TPSA) is 81.9 Å². The molecule has 1 amide bonds. The van der Waals surface area contributed by atoms with Crippen LogP contribution in [0.5, 0.6) is 5.75 Å². The lowest BCUT2D eigenvalue weighted by atomic mass is 10.2. The van der Waals surface area contributed by atoms with E-state index in [1.807, 2.05) is 61.0 Å². The zero-order chi connectivity index (χ0) is 21.8. The number of ether oxygens (including phenoxy) is 1. The monoisotopic (exact) mass is 453 g/mol. The Morgan fingerprint density at radius 1 is 1.16 bits per heavy atom. The van der Waals surface area contributed by atoms with E-state index in [4.69, 9.17) is 16.3 Å². The van der Waals surface area contributed by atoms with E-state index in [1.54, 1.807) is 18.3 Å². The fourth-order valence-corrected chi connectivity index (χ4v) is 3.96. The summed E-state index contributed by atoms with van der Waals surface area (Å²) in [6.07, 6.45) is 1.73. The molecule has 1 unspecified atom stereocenters. The number of rotatable bonds is 7. The van der Waals surface area contributed by atoms with Crippen LogP contribution in [-0.4, -0.2) is 30.9 Å². The van der Waals surface area contributed by atoms with E-state index in [0.29, 0.717) is 21.8 Å². The molecular formula is C22H20ClN5O2S. The number of anilines is 1. The molecule has 2 aromatic carbocycles. The number of carbonyl (C=O) groups is 1. The highest BCUT2D eigenvalue weighted by Gasteiger charge is 2.20. The molecule has 2 aromatic heterocycles. The quantitative estimate of drug-likeness (QED) is 0.408. The van der Waals surface area contributed by atoms with E-state index in [0.717, 1.165) is 16.6 Å². The average molecular weight is 454 g/mol. The average Bonchev–Trinajstić information content (AvgIpc) is 3.12. The van der Waals surface area contributed by atoms with Crippen LogP contribution in [0.25, 0.3) is 10.9 Å². The lowest BCUT2D eigenvalue weighted by Gasteiger charge is -2.13. The largest absolute Gasteiger partial charge is 0.484 e. The van der Waals surface area contributed by atoms with Gasteiger partial charge in [-0.15, -0.1) is 10.2 Å². The standard InChI is InChI=1S/C22H20ClN5O2S/c1-14(21(29)25-18-10-5-9-17-15(18)7-6-12-24-17)31-22-27-26-20(28(22)2)13-30-19-11-4-3-8-16(19)23/h3-12,14H,13H2,1-2H3,(H,25,29). The summed E-state index contributed by atoms with van der Waals surface area (Å²) in [4.78, 5) is 17.1. The van der Waals surface area contributed by atoms with E-state index in [2.05, 4.69) is 20.5 Å². The van der Waals surface area contributed by atoms with Gasteiger partial charge in [-0.05, 0) is 43.3 Å². The van der Waals surface area contributed by atoms with Gasteiger partial charge in [0.15, 0.2) is 11.0 Å². The van der Waals surface area contributed by atoms with Crippen molar-refractivity contribution in [3.8, 4) is 5.75 Å². The second-order valence-corrected chi connectivity index (χ2v) is 8.52. The number of pyridine rings is 1. The van der Waals surface area contributed by atoms with Crippen LogP contribution >= 0.6 is 23.4 Å². The van der Waals surface area contributed by atoms with E-state index in [9.17, 15) is 4.79 Å². The summed E-state index contributed by atoms with van der Waals surface area (Å²) in [5.74, 6) is 1.09. The zero-order valence-corrected chi connectivity index (χ0v) is 18.5. The molecule has 4 rings (SSSR count). The molecule has 0 spiro atoms. The number of amides is 1. The van der Waals surface area contributed by atoms with Crippen LogP contribution in [0.4, 0.5) is 5.69 Å². The molecule has 1 atom stereocenters. The Kier molecular flexibility index (Phi) is 6.39. The van der Waals surface area contributed by atoms with Crippen molar-refractivity contribution in [2.45, 2.75) is 23.9 Å². The van der Waals surface area contributed by atoms with Gasteiger partial charge >= 0.3 is 0 Å². The van der Waals surface area contributed by atoms with Gasteiger partial charge in [-0.2, -0.15) is 0 Å². The Morgan fingerprint density at radius 3 is 2.84 bits per heavy atom. The Balaban J connectivity index is 1.41. The van der Waals surface area contributed by atoms with Crippen LogP contribution in [0.2, 0.25) is 5.02 Å². The minimum absolute atomic E-state index is 0.127. The Labute approximate surface area is 188 Å². The maximum Gasteiger partial charge on any atom is 0.237 e. The summed E-state index contributed by atoms with van der Waals surface area (Å²) < 4.78 is 7.55. The van der Waals surface area contributed by atoms with Gasteiger partial charge in [-0.25, -0.2) is 0 Å². The molecule has 158 valence electrons. The van der Waals surface area contributed by atoms with Gasteiger partial charge in [0.2, 0.25) is 5.91 Å². The molecule has 0 aliphatic rings. The highest BCUT2D eigenvalue weighted by Crippen LogP contribution is 2.27. The third-order valence-corrected chi connectivity index (χ3v) is 6.12. The summed E-state index contributed by atoms with van der Waals surface area (Å²) in [5, 5.41) is 13.0. The molecule has 4 aromatic rings. The second-order valence-electron chi connectivity index (χ2n) is 6.80. The Morgan fingerprint density at radius 2 is 2.00 bits per heavy atom. The fraction of sp³-hybridized carbons (Fsp3) is 0.182. The predicted molar refractivity (Wildman–Crippen MR) is 122 cm³/mol. The number of thioether (sulfide) groups is 1. The van der Waals surface area contributed by atoms with Gasteiger partial charge in [0.1, 0.15) is 12.4 Å². The lowest BCUT2D eigenvalue weighted by molar-refractivity contribution is -0.115. The molecule has 0 saturated carbocycles. The van der Waals surface area contributed by atoms with Gasteiger partial charge in [-0.1, -0.05) is 41.6 Å². The molecule has 0 aliphatic carbocycles. The van der Waals surface area contributed by atoms with Crippen molar-refractivity contribution < 1.29 is 9.53 Å². The molecule has 9 heteroatoms. The van der Waals surface area contributed by atoms with Crippen molar-refractivity contribution in [2.24, 2.45) is 7.05 Å². The first-order valence-electron chi connectivity index (χ1n) is 9.60. The third-order valence-electron chi connectivity index (χ3n) is 4.67. The minimum Gasteiger partial charge on any atom is -0.484 e. The van der Waals surface area contributed by atoms with Gasteiger partial charge in [-0.3, -0.25) is 9.78 Å². The van der Waals surface area contributed by atoms with Crippen molar-refractivity contribution in [1.82, 2.24) is 19.7 Å².